The molecule has 2 atom stereocenters. The van der Waals surface area contributed by atoms with Crippen molar-refractivity contribution in [3.05, 3.63) is 60.2 Å². The van der Waals surface area contributed by atoms with Crippen molar-refractivity contribution in [2.75, 3.05) is 13.7 Å². The predicted octanol–water partition coefficient (Wildman–Crippen LogP) is 2.31. The quantitative estimate of drug-likeness (QED) is 0.855. The number of hydrogen-bond acceptors (Lipinski definition) is 4. The molecule has 0 radical (unpaired) electrons. The molecule has 0 saturated heterocycles. The minimum absolute atomic E-state index is 0.107. The van der Waals surface area contributed by atoms with E-state index in [1.54, 1.807) is 13.2 Å². The van der Waals surface area contributed by atoms with Crippen molar-refractivity contribution >= 4 is 0 Å². The van der Waals surface area contributed by atoms with E-state index in [1.807, 2.05) is 55.5 Å². The van der Waals surface area contributed by atoms with E-state index in [2.05, 4.69) is 0 Å². The number of ether oxygens (including phenoxy) is 2. The molecule has 0 bridgehead atoms. The van der Waals surface area contributed by atoms with Gasteiger partial charge in [0.05, 0.1) is 7.11 Å². The summed E-state index contributed by atoms with van der Waals surface area (Å²) in [7, 11) is 1.60. The van der Waals surface area contributed by atoms with Crippen LogP contribution in [0, 0.1) is 0 Å². The molecule has 3 N–H and O–H groups in total. The molecular weight excluding hydrogens is 266 g/mol. The van der Waals surface area contributed by atoms with Crippen LogP contribution in [-0.4, -0.2) is 24.9 Å². The molecule has 4 nitrogen and oxygen atoms in total. The van der Waals surface area contributed by atoms with Crippen LogP contribution in [0.25, 0.3) is 0 Å². The van der Waals surface area contributed by atoms with E-state index >= 15 is 0 Å². The number of hydrogen-bond donors (Lipinski definition) is 2. The fraction of sp³-hybridized carbons (Fsp3) is 0.294. The molecule has 0 saturated carbocycles. The molecule has 0 aromatic heterocycles. The Kier molecular flexibility index (Phi) is 4.83. The number of aliphatic hydroxyl groups excluding tert-OH is 1. The highest BCUT2D eigenvalue weighted by Crippen LogP contribution is 2.32. The lowest BCUT2D eigenvalue weighted by Crippen LogP contribution is -2.46. The molecule has 0 heterocycles. The molecule has 0 fully saturated rings. The highest BCUT2D eigenvalue weighted by Gasteiger charge is 2.36. The third-order valence-corrected chi connectivity index (χ3v) is 3.58. The Morgan fingerprint density at radius 3 is 2.38 bits per heavy atom. The first-order valence-electron chi connectivity index (χ1n) is 6.87. The molecule has 0 aliphatic rings. The van der Waals surface area contributed by atoms with E-state index in [4.69, 9.17) is 15.2 Å². The van der Waals surface area contributed by atoms with Gasteiger partial charge in [0, 0.05) is 12.6 Å². The summed E-state index contributed by atoms with van der Waals surface area (Å²) in [6.45, 7) is 1.94. The molecule has 0 spiro atoms. The largest absolute Gasteiger partial charge is 0.497 e. The fourth-order valence-corrected chi connectivity index (χ4v) is 2.22. The van der Waals surface area contributed by atoms with Gasteiger partial charge in [-0.15, -0.1) is 0 Å². The summed E-state index contributed by atoms with van der Waals surface area (Å²) >= 11 is 0. The van der Waals surface area contributed by atoms with Gasteiger partial charge in [-0.3, -0.25) is 0 Å². The van der Waals surface area contributed by atoms with Crippen molar-refractivity contribution in [3.63, 3.8) is 0 Å². The lowest BCUT2D eigenvalue weighted by atomic mass is 9.89. The van der Waals surface area contributed by atoms with Crippen molar-refractivity contribution < 1.29 is 14.6 Å². The minimum Gasteiger partial charge on any atom is -0.497 e. The monoisotopic (exact) mass is 287 g/mol. The maximum Gasteiger partial charge on any atom is 0.158 e. The van der Waals surface area contributed by atoms with E-state index in [9.17, 15) is 5.11 Å². The molecule has 112 valence electrons. The normalized spacial score (nSPS) is 15.0. The van der Waals surface area contributed by atoms with Gasteiger partial charge >= 0.3 is 0 Å². The summed E-state index contributed by atoms with van der Waals surface area (Å²) in [5.41, 5.74) is 5.59. The second-order valence-corrected chi connectivity index (χ2v) is 5.01. The lowest BCUT2D eigenvalue weighted by Gasteiger charge is -2.35. The summed E-state index contributed by atoms with van der Waals surface area (Å²) in [6.07, 6.45) is -0.828. The van der Waals surface area contributed by atoms with Crippen molar-refractivity contribution in [3.8, 4) is 11.5 Å². The Hall–Kier alpha value is -2.04. The number of methoxy groups -OCH3 is 1. The van der Waals surface area contributed by atoms with E-state index < -0.39 is 11.7 Å². The smallest absolute Gasteiger partial charge is 0.158 e. The Morgan fingerprint density at radius 2 is 1.76 bits per heavy atom. The van der Waals surface area contributed by atoms with Crippen molar-refractivity contribution in [1.82, 2.24) is 0 Å². The van der Waals surface area contributed by atoms with Crippen LogP contribution in [0.2, 0.25) is 0 Å². The number of benzene rings is 2. The van der Waals surface area contributed by atoms with Crippen LogP contribution in [0.1, 0.15) is 12.5 Å². The summed E-state index contributed by atoms with van der Waals surface area (Å²) in [4.78, 5) is 0. The molecule has 0 aliphatic heterocycles. The van der Waals surface area contributed by atoms with E-state index in [0.29, 0.717) is 11.5 Å². The third kappa shape index (κ3) is 3.35. The first-order chi connectivity index (χ1) is 10.1. The maximum absolute atomic E-state index is 10.3. The fourth-order valence-electron chi connectivity index (χ4n) is 2.22. The van der Waals surface area contributed by atoms with Crippen molar-refractivity contribution in [2.24, 2.45) is 5.73 Å². The zero-order chi connectivity index (χ0) is 15.3. The first-order valence-corrected chi connectivity index (χ1v) is 6.87. The van der Waals surface area contributed by atoms with Gasteiger partial charge < -0.3 is 20.3 Å². The van der Waals surface area contributed by atoms with Gasteiger partial charge in [-0.1, -0.05) is 36.4 Å². The van der Waals surface area contributed by atoms with Gasteiger partial charge in [0.2, 0.25) is 0 Å². The molecule has 2 aromatic carbocycles. The zero-order valence-corrected chi connectivity index (χ0v) is 12.3. The van der Waals surface area contributed by atoms with Crippen LogP contribution >= 0.6 is 0 Å². The molecule has 0 amide bonds. The minimum atomic E-state index is -0.928. The maximum atomic E-state index is 10.3. The van der Waals surface area contributed by atoms with Gasteiger partial charge in [-0.05, 0) is 24.6 Å². The summed E-state index contributed by atoms with van der Waals surface area (Å²) < 4.78 is 11.3. The van der Waals surface area contributed by atoms with Crippen molar-refractivity contribution in [1.29, 1.82) is 0 Å². The van der Waals surface area contributed by atoms with Crippen LogP contribution in [0.4, 0.5) is 0 Å². The van der Waals surface area contributed by atoms with E-state index in [-0.39, 0.29) is 6.54 Å². The molecule has 2 unspecified atom stereocenters. The molecule has 0 aliphatic carbocycles. The number of aliphatic hydroxyl groups is 1. The van der Waals surface area contributed by atoms with Gasteiger partial charge in [-0.25, -0.2) is 0 Å². The lowest BCUT2D eigenvalue weighted by molar-refractivity contribution is -0.0411. The first kappa shape index (κ1) is 15.4. The standard InChI is InChI=1S/C17H21NO3/c1-17(16(19)12-18,13-7-4-3-5-8-13)21-15-10-6-9-14(11-15)20-2/h3-11,16,19H,12,18H2,1-2H3. The van der Waals surface area contributed by atoms with Crippen LogP contribution in [0.3, 0.4) is 0 Å². The highest BCUT2D eigenvalue weighted by atomic mass is 16.5. The third-order valence-electron chi connectivity index (χ3n) is 3.58. The van der Waals surface area contributed by atoms with Gasteiger partial charge in [0.25, 0.3) is 0 Å². The van der Waals surface area contributed by atoms with E-state index in [0.717, 1.165) is 5.56 Å². The molecule has 2 rings (SSSR count). The summed E-state index contributed by atoms with van der Waals surface area (Å²) in [6, 6.07) is 16.9. The predicted molar refractivity (Wildman–Crippen MR) is 82.5 cm³/mol. The second kappa shape index (κ2) is 6.61. The molecule has 4 heteroatoms. The Bertz CT molecular complexity index is 573. The average molecular weight is 287 g/mol. The van der Waals surface area contributed by atoms with Crippen LogP contribution < -0.4 is 15.2 Å². The number of rotatable bonds is 6. The molecule has 2 aromatic rings. The summed E-state index contributed by atoms with van der Waals surface area (Å²) in [5.74, 6) is 1.32. The van der Waals surface area contributed by atoms with E-state index in [1.165, 1.54) is 0 Å². The highest BCUT2D eigenvalue weighted by molar-refractivity contribution is 5.35. The summed E-state index contributed by atoms with van der Waals surface area (Å²) in [5, 5.41) is 10.3. The Balaban J connectivity index is 2.37. The topological polar surface area (TPSA) is 64.7 Å². The van der Waals surface area contributed by atoms with Crippen molar-refractivity contribution in [2.45, 2.75) is 18.6 Å². The van der Waals surface area contributed by atoms with Crippen LogP contribution in [0.5, 0.6) is 11.5 Å². The zero-order valence-electron chi connectivity index (χ0n) is 12.3. The van der Waals surface area contributed by atoms with Gasteiger partial charge in [-0.2, -0.15) is 0 Å². The molecular formula is C17H21NO3. The van der Waals surface area contributed by atoms with Crippen LogP contribution in [0.15, 0.2) is 54.6 Å². The van der Waals surface area contributed by atoms with Gasteiger partial charge in [0.15, 0.2) is 5.60 Å². The SMILES string of the molecule is COc1cccc(OC(C)(c2ccccc2)C(O)CN)c1. The Morgan fingerprint density at radius 1 is 1.10 bits per heavy atom. The number of nitrogens with two attached hydrogens (primary N) is 1. The Labute approximate surface area is 125 Å². The average Bonchev–Trinajstić information content (AvgIpc) is 2.54. The second-order valence-electron chi connectivity index (χ2n) is 5.01. The van der Waals surface area contributed by atoms with Gasteiger partial charge in [0.1, 0.15) is 17.6 Å². The van der Waals surface area contributed by atoms with Crippen LogP contribution in [-0.2, 0) is 5.60 Å². The molecule has 21 heavy (non-hydrogen) atoms.